The molecule has 1 amide bonds. The third-order valence-corrected chi connectivity index (χ3v) is 3.37. The number of pyridine rings is 1. The number of carbonyl (C=O) groups excluding carboxylic acids is 1. The highest BCUT2D eigenvalue weighted by Gasteiger charge is 2.27. The molecule has 1 aromatic rings. The molecule has 0 saturated carbocycles. The summed E-state index contributed by atoms with van der Waals surface area (Å²) in [5.74, 6) is 0.786. The van der Waals surface area contributed by atoms with Gasteiger partial charge in [0.2, 0.25) is 5.91 Å². The molecule has 5 heteroatoms. The van der Waals surface area contributed by atoms with Crippen LogP contribution in [0.25, 0.3) is 0 Å². The second-order valence-electron chi connectivity index (χ2n) is 4.50. The Bertz CT molecular complexity index is 465. The molecule has 0 unspecified atom stereocenters. The van der Waals surface area contributed by atoms with Crippen LogP contribution in [0.2, 0.25) is 5.02 Å². The number of aromatic nitrogens is 1. The summed E-state index contributed by atoms with van der Waals surface area (Å²) in [6.45, 7) is 4.98. The lowest BCUT2D eigenvalue weighted by atomic mass is 10.3. The summed E-state index contributed by atoms with van der Waals surface area (Å²) >= 11 is 5.99. The number of carbonyl (C=O) groups is 1. The maximum absolute atomic E-state index is 11.9. The average Bonchev–Trinajstić information content (AvgIpc) is 2.87. The molecule has 1 aromatic heterocycles. The topological polar surface area (TPSA) is 42.4 Å². The maximum Gasteiger partial charge on any atom is 0.223 e. The first-order chi connectivity index (χ1) is 9.20. The van der Waals surface area contributed by atoms with E-state index in [0.29, 0.717) is 23.7 Å². The minimum absolute atomic E-state index is 0.00702. The van der Waals surface area contributed by atoms with Gasteiger partial charge in [0.1, 0.15) is 16.9 Å². The molecular weight excluding hydrogens is 264 g/mol. The fraction of sp³-hybridized carbons (Fsp3) is 0.429. The van der Waals surface area contributed by atoms with Crippen LogP contribution in [0.5, 0.6) is 5.75 Å². The van der Waals surface area contributed by atoms with Crippen LogP contribution in [-0.4, -0.2) is 35.0 Å². The summed E-state index contributed by atoms with van der Waals surface area (Å²) in [5.41, 5.74) is 0. The molecule has 19 heavy (non-hydrogen) atoms. The van der Waals surface area contributed by atoms with Gasteiger partial charge in [-0.2, -0.15) is 0 Å². The second kappa shape index (κ2) is 6.57. The Kier molecular flexibility index (Phi) is 4.80. The van der Waals surface area contributed by atoms with Crippen molar-refractivity contribution in [2.45, 2.75) is 25.4 Å². The Morgan fingerprint density at radius 3 is 3.26 bits per heavy atom. The molecule has 1 atom stereocenters. The number of allylic oxidation sites excluding steroid dienone is 1. The summed E-state index contributed by atoms with van der Waals surface area (Å²) < 4.78 is 5.80. The highest BCUT2D eigenvalue weighted by molar-refractivity contribution is 6.31. The van der Waals surface area contributed by atoms with Crippen LogP contribution >= 0.6 is 11.6 Å². The Hall–Kier alpha value is -1.55. The largest absolute Gasteiger partial charge is 0.487 e. The number of halogens is 1. The maximum atomic E-state index is 11.9. The molecular formula is C14H17ClN2O2. The molecule has 1 aliphatic heterocycles. The van der Waals surface area contributed by atoms with Gasteiger partial charge in [-0.15, -0.1) is 6.58 Å². The van der Waals surface area contributed by atoms with Crippen molar-refractivity contribution in [3.05, 3.63) is 36.1 Å². The van der Waals surface area contributed by atoms with E-state index in [0.717, 1.165) is 19.4 Å². The van der Waals surface area contributed by atoms with E-state index >= 15 is 0 Å². The fourth-order valence-corrected chi connectivity index (χ4v) is 2.24. The molecule has 2 rings (SSSR count). The Balaban J connectivity index is 1.87. The van der Waals surface area contributed by atoms with E-state index in [1.165, 1.54) is 0 Å². The lowest BCUT2D eigenvalue weighted by Crippen LogP contribution is -2.30. The Morgan fingerprint density at radius 2 is 2.53 bits per heavy atom. The van der Waals surface area contributed by atoms with Gasteiger partial charge in [-0.25, -0.2) is 0 Å². The van der Waals surface area contributed by atoms with Gasteiger partial charge in [0.15, 0.2) is 0 Å². The third kappa shape index (κ3) is 3.70. The number of amides is 1. The van der Waals surface area contributed by atoms with E-state index < -0.39 is 0 Å². The van der Waals surface area contributed by atoms with Crippen molar-refractivity contribution in [1.29, 1.82) is 0 Å². The predicted octanol–water partition coefficient (Wildman–Crippen LogP) is 2.68. The van der Waals surface area contributed by atoms with E-state index in [4.69, 9.17) is 16.3 Å². The minimum Gasteiger partial charge on any atom is -0.487 e. The Labute approximate surface area is 118 Å². The summed E-state index contributed by atoms with van der Waals surface area (Å²) in [7, 11) is 0. The van der Waals surface area contributed by atoms with E-state index in [1.54, 1.807) is 24.5 Å². The number of likely N-dealkylation sites (tertiary alicyclic amines) is 1. The quantitative estimate of drug-likeness (QED) is 0.779. The van der Waals surface area contributed by atoms with Gasteiger partial charge in [0.05, 0.1) is 6.54 Å². The van der Waals surface area contributed by atoms with Gasteiger partial charge < -0.3 is 9.64 Å². The second-order valence-corrected chi connectivity index (χ2v) is 4.91. The predicted molar refractivity (Wildman–Crippen MR) is 74.3 cm³/mol. The lowest BCUT2D eigenvalue weighted by molar-refractivity contribution is -0.130. The molecule has 0 radical (unpaired) electrons. The number of rotatable bonds is 5. The summed E-state index contributed by atoms with van der Waals surface area (Å²) in [6.07, 6.45) is 7.04. The molecule has 1 fully saturated rings. The van der Waals surface area contributed by atoms with Crippen molar-refractivity contribution in [3.8, 4) is 5.75 Å². The smallest absolute Gasteiger partial charge is 0.223 e. The molecule has 1 saturated heterocycles. The molecule has 1 aliphatic rings. The van der Waals surface area contributed by atoms with E-state index in [-0.39, 0.29) is 12.0 Å². The van der Waals surface area contributed by atoms with Crippen molar-refractivity contribution in [2.24, 2.45) is 0 Å². The summed E-state index contributed by atoms with van der Waals surface area (Å²) in [6, 6.07) is 1.74. The van der Waals surface area contributed by atoms with Gasteiger partial charge in [0.25, 0.3) is 0 Å². The van der Waals surface area contributed by atoms with E-state index in [1.807, 2.05) is 4.90 Å². The number of ether oxygens (including phenoxy) is 1. The fourth-order valence-electron chi connectivity index (χ4n) is 2.07. The third-order valence-electron chi connectivity index (χ3n) is 3.09. The van der Waals surface area contributed by atoms with Crippen molar-refractivity contribution in [1.82, 2.24) is 9.88 Å². The molecule has 102 valence electrons. The van der Waals surface area contributed by atoms with E-state index in [9.17, 15) is 4.79 Å². The summed E-state index contributed by atoms with van der Waals surface area (Å²) in [5, 5.41) is 0.499. The van der Waals surface area contributed by atoms with Crippen LogP contribution in [-0.2, 0) is 4.79 Å². The molecule has 0 spiro atoms. The number of hydrogen-bond donors (Lipinski definition) is 0. The monoisotopic (exact) mass is 280 g/mol. The standard InChI is InChI=1S/C14H17ClN2O2/c1-2-3-4-14(18)17-8-6-11(10-17)19-13-5-7-16-9-12(13)15/h2,5,7,9,11H,1,3-4,6,8,10H2/t11-/m1/s1. The zero-order chi connectivity index (χ0) is 13.7. The normalized spacial score (nSPS) is 18.4. The first kappa shape index (κ1) is 13.9. The van der Waals surface area contributed by atoms with E-state index in [2.05, 4.69) is 11.6 Å². The molecule has 0 bridgehead atoms. The van der Waals surface area contributed by atoms with Crippen molar-refractivity contribution < 1.29 is 9.53 Å². The Morgan fingerprint density at radius 1 is 1.68 bits per heavy atom. The van der Waals surface area contributed by atoms with Crippen LogP contribution in [0.15, 0.2) is 31.1 Å². The SMILES string of the molecule is C=CCCC(=O)N1CC[C@@H](Oc2ccncc2Cl)C1. The van der Waals surface area contributed by atoms with Gasteiger partial charge in [-0.1, -0.05) is 17.7 Å². The highest BCUT2D eigenvalue weighted by Crippen LogP contribution is 2.25. The molecule has 0 N–H and O–H groups in total. The van der Waals surface area contributed by atoms with Crippen LogP contribution in [0.3, 0.4) is 0 Å². The number of nitrogens with zero attached hydrogens (tertiary/aromatic N) is 2. The molecule has 2 heterocycles. The highest BCUT2D eigenvalue weighted by atomic mass is 35.5. The van der Waals surface area contributed by atoms with Gasteiger partial charge >= 0.3 is 0 Å². The van der Waals surface area contributed by atoms with Gasteiger partial charge in [-0.05, 0) is 6.42 Å². The minimum atomic E-state index is 0.00702. The van der Waals surface area contributed by atoms with Crippen molar-refractivity contribution in [3.63, 3.8) is 0 Å². The zero-order valence-corrected chi connectivity index (χ0v) is 11.5. The average molecular weight is 281 g/mol. The van der Waals surface area contributed by atoms with Crippen LogP contribution in [0.4, 0.5) is 0 Å². The van der Waals surface area contributed by atoms with Crippen LogP contribution in [0.1, 0.15) is 19.3 Å². The van der Waals surface area contributed by atoms with Crippen molar-refractivity contribution >= 4 is 17.5 Å². The molecule has 0 aromatic carbocycles. The van der Waals surface area contributed by atoms with Crippen LogP contribution in [0, 0.1) is 0 Å². The molecule has 0 aliphatic carbocycles. The number of hydrogen-bond acceptors (Lipinski definition) is 3. The first-order valence-corrected chi connectivity index (χ1v) is 6.73. The molecule has 4 nitrogen and oxygen atoms in total. The van der Waals surface area contributed by atoms with Gasteiger partial charge in [0, 0.05) is 37.8 Å². The van der Waals surface area contributed by atoms with Crippen LogP contribution < -0.4 is 4.74 Å². The lowest BCUT2D eigenvalue weighted by Gasteiger charge is -2.17. The first-order valence-electron chi connectivity index (χ1n) is 6.35. The van der Waals surface area contributed by atoms with Crippen molar-refractivity contribution in [2.75, 3.05) is 13.1 Å². The summed E-state index contributed by atoms with van der Waals surface area (Å²) in [4.78, 5) is 17.6. The van der Waals surface area contributed by atoms with Gasteiger partial charge in [-0.3, -0.25) is 9.78 Å². The zero-order valence-electron chi connectivity index (χ0n) is 10.7.